The summed E-state index contributed by atoms with van der Waals surface area (Å²) in [5.74, 6) is 0. The highest BCUT2D eigenvalue weighted by Crippen LogP contribution is 2.29. The molecule has 0 aliphatic carbocycles. The maximum atomic E-state index is 5.76. The van der Waals surface area contributed by atoms with Crippen LogP contribution in [-0.4, -0.2) is 19.0 Å². The molecule has 2 aromatic carbocycles. The Bertz CT molecular complexity index is 515. The van der Waals surface area contributed by atoms with E-state index in [1.54, 1.807) is 0 Å². The summed E-state index contributed by atoms with van der Waals surface area (Å²) in [6.07, 6.45) is 0. The maximum absolute atomic E-state index is 5.76. The lowest BCUT2D eigenvalue weighted by molar-refractivity contribution is 0.341. The first kappa shape index (κ1) is 12.7. The minimum absolute atomic E-state index is 0.270. The van der Waals surface area contributed by atoms with Gasteiger partial charge in [0.15, 0.2) is 0 Å². The fourth-order valence-electron chi connectivity index (χ4n) is 2.33. The number of nitrogen functional groups attached to an aromatic ring is 1. The summed E-state index contributed by atoms with van der Waals surface area (Å²) < 4.78 is 0. The van der Waals surface area contributed by atoms with Gasteiger partial charge in [-0.3, -0.25) is 4.90 Å². The van der Waals surface area contributed by atoms with Gasteiger partial charge in [0.05, 0.1) is 6.04 Å². The maximum Gasteiger partial charge on any atom is 0.0599 e. The number of aryl methyl sites for hydroxylation is 1. The summed E-state index contributed by atoms with van der Waals surface area (Å²) in [7, 11) is 4.21. The van der Waals surface area contributed by atoms with Crippen LogP contribution in [0.2, 0.25) is 0 Å². The normalized spacial score (nSPS) is 12.7. The number of benzene rings is 2. The van der Waals surface area contributed by atoms with Crippen molar-refractivity contribution < 1.29 is 0 Å². The number of anilines is 1. The van der Waals surface area contributed by atoms with Crippen molar-refractivity contribution in [3.63, 3.8) is 0 Å². The van der Waals surface area contributed by atoms with Crippen LogP contribution in [0.25, 0.3) is 0 Å². The van der Waals surface area contributed by atoms with E-state index >= 15 is 0 Å². The number of hydrogen-bond acceptors (Lipinski definition) is 2. The van der Waals surface area contributed by atoms with Crippen LogP contribution >= 0.6 is 0 Å². The molecule has 0 aromatic heterocycles. The van der Waals surface area contributed by atoms with Crippen molar-refractivity contribution in [2.75, 3.05) is 19.8 Å². The van der Waals surface area contributed by atoms with Gasteiger partial charge >= 0.3 is 0 Å². The van der Waals surface area contributed by atoms with E-state index in [4.69, 9.17) is 5.73 Å². The third kappa shape index (κ3) is 2.54. The van der Waals surface area contributed by atoms with Crippen LogP contribution < -0.4 is 5.73 Å². The number of rotatable bonds is 3. The SMILES string of the molecule is Cc1ccccc1C(c1ccc(N)cc1)N(C)C. The molecule has 94 valence electrons. The van der Waals surface area contributed by atoms with Gasteiger partial charge in [0, 0.05) is 5.69 Å². The molecule has 0 amide bonds. The van der Waals surface area contributed by atoms with E-state index in [0.29, 0.717) is 0 Å². The molecule has 0 radical (unpaired) electrons. The molecule has 2 N–H and O–H groups in total. The van der Waals surface area contributed by atoms with Gasteiger partial charge in [0.2, 0.25) is 0 Å². The summed E-state index contributed by atoms with van der Waals surface area (Å²) in [5.41, 5.74) is 10.5. The minimum Gasteiger partial charge on any atom is -0.399 e. The van der Waals surface area contributed by atoms with Gasteiger partial charge in [0.1, 0.15) is 0 Å². The summed E-state index contributed by atoms with van der Waals surface area (Å²) in [6, 6.07) is 16.9. The van der Waals surface area contributed by atoms with Gasteiger partial charge < -0.3 is 5.73 Å². The van der Waals surface area contributed by atoms with Crippen LogP contribution in [0.4, 0.5) is 5.69 Å². The second-order valence-electron chi connectivity index (χ2n) is 4.89. The van der Waals surface area contributed by atoms with Gasteiger partial charge in [-0.25, -0.2) is 0 Å². The first-order valence-corrected chi connectivity index (χ1v) is 6.17. The third-order valence-corrected chi connectivity index (χ3v) is 3.25. The molecule has 1 unspecified atom stereocenters. The molecular weight excluding hydrogens is 220 g/mol. The van der Waals surface area contributed by atoms with Crippen LogP contribution in [0, 0.1) is 6.92 Å². The molecule has 18 heavy (non-hydrogen) atoms. The van der Waals surface area contributed by atoms with Crippen molar-refractivity contribution in [3.05, 3.63) is 65.2 Å². The number of nitrogens with two attached hydrogens (primary N) is 1. The van der Waals surface area contributed by atoms with E-state index in [0.717, 1.165) is 5.69 Å². The van der Waals surface area contributed by atoms with Gasteiger partial charge in [0.25, 0.3) is 0 Å². The van der Waals surface area contributed by atoms with E-state index in [1.807, 2.05) is 12.1 Å². The van der Waals surface area contributed by atoms with Crippen molar-refractivity contribution in [1.29, 1.82) is 0 Å². The fraction of sp³-hybridized carbons (Fsp3) is 0.250. The first-order chi connectivity index (χ1) is 8.59. The summed E-state index contributed by atoms with van der Waals surface area (Å²) in [5, 5.41) is 0. The molecule has 0 saturated carbocycles. The highest BCUT2D eigenvalue weighted by molar-refractivity contribution is 5.43. The van der Waals surface area contributed by atoms with Crippen LogP contribution in [0.3, 0.4) is 0 Å². The lowest BCUT2D eigenvalue weighted by atomic mass is 9.94. The molecule has 0 saturated heterocycles. The molecule has 2 nitrogen and oxygen atoms in total. The topological polar surface area (TPSA) is 29.3 Å². The highest BCUT2D eigenvalue weighted by Gasteiger charge is 2.17. The zero-order valence-electron chi connectivity index (χ0n) is 11.2. The smallest absolute Gasteiger partial charge is 0.0599 e. The molecule has 0 heterocycles. The van der Waals surface area contributed by atoms with Gasteiger partial charge in [-0.15, -0.1) is 0 Å². The molecular formula is C16H20N2. The average Bonchev–Trinajstić information content (AvgIpc) is 2.34. The van der Waals surface area contributed by atoms with E-state index in [-0.39, 0.29) is 6.04 Å². The molecule has 0 fully saturated rings. The minimum atomic E-state index is 0.270. The van der Waals surface area contributed by atoms with Crippen molar-refractivity contribution in [2.24, 2.45) is 0 Å². The van der Waals surface area contributed by atoms with E-state index in [1.165, 1.54) is 16.7 Å². The first-order valence-electron chi connectivity index (χ1n) is 6.17. The van der Waals surface area contributed by atoms with Gasteiger partial charge in [-0.1, -0.05) is 36.4 Å². The molecule has 2 rings (SSSR count). The van der Waals surface area contributed by atoms with Gasteiger partial charge in [-0.05, 0) is 49.8 Å². The van der Waals surface area contributed by atoms with Crippen molar-refractivity contribution in [3.8, 4) is 0 Å². The molecule has 0 spiro atoms. The second kappa shape index (κ2) is 5.23. The Labute approximate surface area is 109 Å². The predicted octanol–water partition coefficient (Wildman–Crippen LogP) is 3.23. The fourth-order valence-corrected chi connectivity index (χ4v) is 2.33. The molecule has 1 atom stereocenters. The van der Waals surface area contributed by atoms with E-state index in [2.05, 4.69) is 62.3 Å². The molecule has 2 aromatic rings. The summed E-state index contributed by atoms with van der Waals surface area (Å²) in [4.78, 5) is 2.23. The Hall–Kier alpha value is -1.80. The molecule has 0 aliphatic heterocycles. The van der Waals surface area contributed by atoms with E-state index < -0.39 is 0 Å². The third-order valence-electron chi connectivity index (χ3n) is 3.25. The molecule has 0 bridgehead atoms. The number of nitrogens with zero attached hydrogens (tertiary/aromatic N) is 1. The average molecular weight is 240 g/mol. The highest BCUT2D eigenvalue weighted by atomic mass is 15.1. The Morgan fingerprint density at radius 2 is 1.56 bits per heavy atom. The van der Waals surface area contributed by atoms with Crippen LogP contribution in [0.1, 0.15) is 22.7 Å². The van der Waals surface area contributed by atoms with Gasteiger partial charge in [-0.2, -0.15) is 0 Å². The zero-order valence-corrected chi connectivity index (χ0v) is 11.2. The number of hydrogen-bond donors (Lipinski definition) is 1. The van der Waals surface area contributed by atoms with E-state index in [9.17, 15) is 0 Å². The Balaban J connectivity index is 2.47. The van der Waals surface area contributed by atoms with Crippen molar-refractivity contribution >= 4 is 5.69 Å². The van der Waals surface area contributed by atoms with Crippen LogP contribution in [0.15, 0.2) is 48.5 Å². The summed E-state index contributed by atoms with van der Waals surface area (Å²) >= 11 is 0. The molecule has 0 aliphatic rings. The Morgan fingerprint density at radius 3 is 2.11 bits per heavy atom. The monoisotopic (exact) mass is 240 g/mol. The molecule has 2 heteroatoms. The largest absolute Gasteiger partial charge is 0.399 e. The second-order valence-corrected chi connectivity index (χ2v) is 4.89. The van der Waals surface area contributed by atoms with Crippen LogP contribution in [0.5, 0.6) is 0 Å². The van der Waals surface area contributed by atoms with Crippen molar-refractivity contribution in [2.45, 2.75) is 13.0 Å². The quantitative estimate of drug-likeness (QED) is 0.835. The Morgan fingerprint density at radius 1 is 0.944 bits per heavy atom. The standard InChI is InChI=1S/C16H20N2/c1-12-6-4-5-7-15(12)16(18(2)3)13-8-10-14(17)11-9-13/h4-11,16H,17H2,1-3H3. The lowest BCUT2D eigenvalue weighted by Crippen LogP contribution is -2.21. The summed E-state index contributed by atoms with van der Waals surface area (Å²) in [6.45, 7) is 2.16. The van der Waals surface area contributed by atoms with Crippen molar-refractivity contribution in [1.82, 2.24) is 4.90 Å². The zero-order chi connectivity index (χ0) is 13.1. The Kier molecular flexibility index (Phi) is 3.68. The van der Waals surface area contributed by atoms with Crippen LogP contribution in [-0.2, 0) is 0 Å². The lowest BCUT2D eigenvalue weighted by Gasteiger charge is -2.26. The predicted molar refractivity (Wildman–Crippen MR) is 77.6 cm³/mol.